The average molecular weight is 247 g/mol. The molecule has 0 aliphatic heterocycles. The topological polar surface area (TPSA) is 26.0 Å². The molecule has 0 saturated heterocycles. The van der Waals surface area contributed by atoms with E-state index in [4.69, 9.17) is 17.3 Å². The molecule has 0 saturated carbocycles. The van der Waals surface area contributed by atoms with E-state index in [1.54, 1.807) is 0 Å². The summed E-state index contributed by atoms with van der Waals surface area (Å²) in [6, 6.07) is 5.76. The highest BCUT2D eigenvalue weighted by atomic mass is 79.9. The summed E-state index contributed by atoms with van der Waals surface area (Å²) in [4.78, 5) is 0. The maximum absolute atomic E-state index is 5.62. The van der Waals surface area contributed by atoms with Crippen LogP contribution in [0.3, 0.4) is 0 Å². The summed E-state index contributed by atoms with van der Waals surface area (Å²) in [5.74, 6) is 0.530. The van der Waals surface area contributed by atoms with E-state index < -0.39 is 0 Å². The normalized spacial score (nSPS) is 10.8. The molecule has 0 radical (unpaired) electrons. The largest absolute Gasteiger partial charge is 0.398 e. The summed E-state index contributed by atoms with van der Waals surface area (Å²) in [5.41, 5.74) is 7.46. The summed E-state index contributed by atoms with van der Waals surface area (Å²) in [6.45, 7) is 0. The van der Waals surface area contributed by atoms with Crippen LogP contribution in [0.4, 0.5) is 5.69 Å². The third kappa shape index (κ3) is 2.54. The fourth-order valence-electron chi connectivity index (χ4n) is 0.828. The monoisotopic (exact) mass is 245 g/mol. The van der Waals surface area contributed by atoms with Crippen molar-refractivity contribution in [2.45, 2.75) is 0 Å². The fraction of sp³-hybridized carbons (Fsp3) is 0.111. The zero-order chi connectivity index (χ0) is 8.97. The zero-order valence-electron chi connectivity index (χ0n) is 6.43. The first-order valence-electron chi connectivity index (χ1n) is 3.51. The zero-order valence-corrected chi connectivity index (χ0v) is 8.77. The van der Waals surface area contributed by atoms with E-state index in [1.165, 1.54) is 0 Å². The maximum Gasteiger partial charge on any atom is 0.0458 e. The lowest BCUT2D eigenvalue weighted by Gasteiger charge is -1.98. The van der Waals surface area contributed by atoms with Gasteiger partial charge in [-0.25, -0.2) is 0 Å². The van der Waals surface area contributed by atoms with Crippen molar-refractivity contribution in [2.24, 2.45) is 0 Å². The predicted octanol–water partition coefficient (Wildman–Crippen LogP) is 3.28. The molecule has 1 rings (SSSR count). The van der Waals surface area contributed by atoms with Crippen LogP contribution in [0.5, 0.6) is 0 Å². The number of alkyl halides is 1. The predicted molar refractivity (Wildman–Crippen MR) is 58.3 cm³/mol. The molecule has 0 bridgehead atoms. The molecule has 2 N–H and O–H groups in total. The minimum Gasteiger partial charge on any atom is -0.398 e. The van der Waals surface area contributed by atoms with Crippen LogP contribution < -0.4 is 5.73 Å². The van der Waals surface area contributed by atoms with Crippen LogP contribution in [0.2, 0.25) is 0 Å². The van der Waals surface area contributed by atoms with Crippen molar-refractivity contribution in [3.8, 4) is 0 Å². The third-order valence-corrected chi connectivity index (χ3v) is 2.29. The molecule has 64 valence electrons. The molecule has 0 atom stereocenters. The highest BCUT2D eigenvalue weighted by molar-refractivity contribution is 9.10. The molecule has 0 fully saturated rings. The van der Waals surface area contributed by atoms with Crippen molar-refractivity contribution in [1.29, 1.82) is 0 Å². The highest BCUT2D eigenvalue weighted by Gasteiger charge is 1.93. The van der Waals surface area contributed by atoms with Crippen LogP contribution in [0, 0.1) is 0 Å². The molecule has 3 heteroatoms. The van der Waals surface area contributed by atoms with Gasteiger partial charge in [0.1, 0.15) is 0 Å². The van der Waals surface area contributed by atoms with Gasteiger partial charge in [0.25, 0.3) is 0 Å². The fourth-order valence-corrected chi connectivity index (χ4v) is 1.31. The quantitative estimate of drug-likeness (QED) is 0.629. The van der Waals surface area contributed by atoms with Gasteiger partial charge in [-0.2, -0.15) is 0 Å². The Morgan fingerprint density at radius 3 is 2.83 bits per heavy atom. The number of allylic oxidation sites excluding steroid dienone is 1. The van der Waals surface area contributed by atoms with Gasteiger partial charge in [0.2, 0.25) is 0 Å². The number of nitrogen functional groups attached to an aromatic ring is 1. The Balaban J connectivity index is 2.89. The van der Waals surface area contributed by atoms with E-state index in [-0.39, 0.29) is 0 Å². The number of hydrogen-bond donors (Lipinski definition) is 1. The molecule has 1 nitrogen and oxygen atoms in total. The van der Waals surface area contributed by atoms with E-state index in [0.717, 1.165) is 15.7 Å². The lowest BCUT2D eigenvalue weighted by Crippen LogP contribution is -1.85. The molecule has 1 aromatic carbocycles. The van der Waals surface area contributed by atoms with Gasteiger partial charge in [-0.15, -0.1) is 11.6 Å². The summed E-state index contributed by atoms with van der Waals surface area (Å²) >= 11 is 8.85. The van der Waals surface area contributed by atoms with Crippen molar-refractivity contribution in [3.63, 3.8) is 0 Å². The second-order valence-electron chi connectivity index (χ2n) is 2.34. The lowest BCUT2D eigenvalue weighted by atomic mass is 10.2. The van der Waals surface area contributed by atoms with Crippen molar-refractivity contribution >= 4 is 39.3 Å². The van der Waals surface area contributed by atoms with Gasteiger partial charge in [0, 0.05) is 16.0 Å². The Morgan fingerprint density at radius 2 is 2.25 bits per heavy atom. The smallest absolute Gasteiger partial charge is 0.0458 e. The van der Waals surface area contributed by atoms with Crippen LogP contribution in [-0.2, 0) is 0 Å². The van der Waals surface area contributed by atoms with E-state index in [1.807, 2.05) is 30.4 Å². The van der Waals surface area contributed by atoms with E-state index in [9.17, 15) is 0 Å². The van der Waals surface area contributed by atoms with Crippen molar-refractivity contribution < 1.29 is 0 Å². The van der Waals surface area contributed by atoms with Crippen LogP contribution in [0.15, 0.2) is 28.7 Å². The summed E-state index contributed by atoms with van der Waals surface area (Å²) in [6.07, 6.45) is 3.84. The summed E-state index contributed by atoms with van der Waals surface area (Å²) in [5, 5.41) is 0. The van der Waals surface area contributed by atoms with Gasteiger partial charge in [0.15, 0.2) is 0 Å². The van der Waals surface area contributed by atoms with E-state index in [0.29, 0.717) is 5.88 Å². The Morgan fingerprint density at radius 1 is 1.50 bits per heavy atom. The minimum absolute atomic E-state index is 0.530. The first-order chi connectivity index (χ1) is 5.74. The Bertz CT molecular complexity index is 297. The molecular weight excluding hydrogens is 237 g/mol. The Kier molecular flexibility index (Phi) is 3.63. The molecule has 0 unspecified atom stereocenters. The van der Waals surface area contributed by atoms with Gasteiger partial charge in [0.05, 0.1) is 0 Å². The average Bonchev–Trinajstić information content (AvgIpc) is 2.07. The first-order valence-corrected chi connectivity index (χ1v) is 4.84. The van der Waals surface area contributed by atoms with Crippen molar-refractivity contribution in [2.75, 3.05) is 11.6 Å². The number of halogens is 2. The Labute approximate surface area is 85.3 Å². The van der Waals surface area contributed by atoms with Crippen LogP contribution in [0.1, 0.15) is 5.56 Å². The molecule has 0 aromatic heterocycles. The van der Waals surface area contributed by atoms with Gasteiger partial charge < -0.3 is 5.73 Å². The third-order valence-electron chi connectivity index (χ3n) is 1.42. The molecule has 0 aliphatic carbocycles. The van der Waals surface area contributed by atoms with Gasteiger partial charge >= 0.3 is 0 Å². The van der Waals surface area contributed by atoms with Crippen LogP contribution in [-0.4, -0.2) is 5.88 Å². The molecular formula is C9H9BrClN. The molecule has 1 aromatic rings. The van der Waals surface area contributed by atoms with Crippen LogP contribution >= 0.6 is 27.5 Å². The minimum atomic E-state index is 0.530. The summed E-state index contributed by atoms with van der Waals surface area (Å²) < 4.78 is 0.916. The van der Waals surface area contributed by atoms with Gasteiger partial charge in [-0.1, -0.05) is 18.2 Å². The highest BCUT2D eigenvalue weighted by Crippen LogP contribution is 2.20. The maximum atomic E-state index is 5.62. The molecule has 12 heavy (non-hydrogen) atoms. The van der Waals surface area contributed by atoms with Gasteiger partial charge in [-0.05, 0) is 33.6 Å². The first kappa shape index (κ1) is 9.62. The second kappa shape index (κ2) is 4.53. The number of benzene rings is 1. The molecule has 0 heterocycles. The molecule has 0 aliphatic rings. The number of nitrogens with two attached hydrogens (primary N) is 1. The van der Waals surface area contributed by atoms with Crippen LogP contribution in [0.25, 0.3) is 6.08 Å². The molecule has 0 amide bonds. The van der Waals surface area contributed by atoms with E-state index in [2.05, 4.69) is 15.9 Å². The molecule has 0 spiro atoms. The number of hydrogen-bond acceptors (Lipinski definition) is 1. The number of anilines is 1. The standard InChI is InChI=1S/C9H9BrClN/c10-8-6-7(2-1-5-11)3-4-9(8)12/h1-4,6H,5,12H2. The van der Waals surface area contributed by atoms with Crippen molar-refractivity contribution in [1.82, 2.24) is 0 Å². The van der Waals surface area contributed by atoms with Crippen molar-refractivity contribution in [3.05, 3.63) is 34.3 Å². The summed E-state index contributed by atoms with van der Waals surface area (Å²) in [7, 11) is 0. The van der Waals surface area contributed by atoms with Gasteiger partial charge in [-0.3, -0.25) is 0 Å². The lowest BCUT2D eigenvalue weighted by molar-refractivity contribution is 1.59. The number of rotatable bonds is 2. The van der Waals surface area contributed by atoms with E-state index >= 15 is 0 Å². The SMILES string of the molecule is Nc1ccc(C=CCCl)cc1Br. The second-order valence-corrected chi connectivity index (χ2v) is 3.50. The Hall–Kier alpha value is -0.470.